The summed E-state index contributed by atoms with van der Waals surface area (Å²) >= 11 is 0. The number of hydrogen-bond acceptors (Lipinski definition) is 7. The van der Waals surface area contributed by atoms with E-state index in [0.29, 0.717) is 32.5 Å². The second-order valence-electron chi connectivity index (χ2n) is 7.98. The summed E-state index contributed by atoms with van der Waals surface area (Å²) < 4.78 is 40.2. The lowest BCUT2D eigenvalue weighted by Crippen LogP contribution is -2.42. The highest BCUT2D eigenvalue weighted by atomic mass is 16.7. The van der Waals surface area contributed by atoms with Gasteiger partial charge in [-0.05, 0) is 38.5 Å². The Bertz CT molecular complexity index is 421. The molecule has 0 N–H and O–H groups in total. The van der Waals surface area contributed by atoms with Gasteiger partial charge in [0.15, 0.2) is 6.29 Å². The van der Waals surface area contributed by atoms with Crippen LogP contribution in [0, 0.1) is 0 Å². The van der Waals surface area contributed by atoms with Crippen molar-refractivity contribution in [2.45, 2.75) is 81.8 Å². The number of ether oxygens (including phenoxy) is 7. The summed E-state index contributed by atoms with van der Waals surface area (Å²) in [4.78, 5) is 0. The maximum Gasteiger partial charge on any atom is 0.157 e. The highest BCUT2D eigenvalue weighted by Crippen LogP contribution is 2.28. The van der Waals surface area contributed by atoms with Crippen LogP contribution < -0.4 is 0 Å². The molecule has 4 fully saturated rings. The molecule has 0 amide bonds. The summed E-state index contributed by atoms with van der Waals surface area (Å²) in [5.41, 5.74) is 0. The molecule has 3 saturated heterocycles. The fraction of sp³-hybridized carbons (Fsp3) is 1.00. The Kier molecular flexibility index (Phi) is 7.77. The van der Waals surface area contributed by atoms with E-state index in [2.05, 4.69) is 0 Å². The van der Waals surface area contributed by atoms with Gasteiger partial charge in [-0.1, -0.05) is 0 Å². The van der Waals surface area contributed by atoms with Gasteiger partial charge in [-0.2, -0.15) is 0 Å². The molecule has 7 nitrogen and oxygen atoms in total. The van der Waals surface area contributed by atoms with Crippen molar-refractivity contribution in [2.75, 3.05) is 46.2 Å². The Morgan fingerprint density at radius 1 is 0.704 bits per heavy atom. The van der Waals surface area contributed by atoms with Gasteiger partial charge in [-0.3, -0.25) is 0 Å². The lowest BCUT2D eigenvalue weighted by Gasteiger charge is -2.35. The van der Waals surface area contributed by atoms with Gasteiger partial charge in [0, 0.05) is 19.6 Å². The molecule has 1 saturated carbocycles. The van der Waals surface area contributed by atoms with Crippen molar-refractivity contribution in [2.24, 2.45) is 0 Å². The quantitative estimate of drug-likeness (QED) is 0.375. The summed E-state index contributed by atoms with van der Waals surface area (Å²) in [6.07, 6.45) is 8.12. The van der Waals surface area contributed by atoms with E-state index in [1.54, 1.807) is 0 Å². The Labute approximate surface area is 161 Å². The second kappa shape index (κ2) is 10.5. The topological polar surface area (TPSA) is 71.2 Å². The molecule has 0 aromatic rings. The predicted octanol–water partition coefficient (Wildman–Crippen LogP) is 2.06. The van der Waals surface area contributed by atoms with Gasteiger partial charge in [-0.15, -0.1) is 0 Å². The van der Waals surface area contributed by atoms with E-state index in [1.165, 1.54) is 6.42 Å². The van der Waals surface area contributed by atoms with Crippen molar-refractivity contribution in [3.8, 4) is 0 Å². The first-order chi connectivity index (χ1) is 13.4. The first-order valence-electron chi connectivity index (χ1n) is 10.7. The fourth-order valence-corrected chi connectivity index (χ4v) is 3.74. The zero-order valence-electron chi connectivity index (χ0n) is 16.2. The van der Waals surface area contributed by atoms with Crippen LogP contribution in [0.25, 0.3) is 0 Å². The minimum atomic E-state index is -0.0227. The first-order valence-corrected chi connectivity index (χ1v) is 10.7. The van der Waals surface area contributed by atoms with Gasteiger partial charge < -0.3 is 33.2 Å². The Balaban J connectivity index is 1.14. The van der Waals surface area contributed by atoms with Gasteiger partial charge in [0.1, 0.15) is 12.2 Å². The zero-order chi connectivity index (χ0) is 18.3. The van der Waals surface area contributed by atoms with E-state index in [9.17, 15) is 0 Å². The summed E-state index contributed by atoms with van der Waals surface area (Å²) in [5.74, 6) is 0. The van der Waals surface area contributed by atoms with Crippen LogP contribution in [0.15, 0.2) is 0 Å². The van der Waals surface area contributed by atoms with E-state index in [1.807, 2.05) is 0 Å². The highest BCUT2D eigenvalue weighted by molar-refractivity contribution is 4.84. The average molecular weight is 386 g/mol. The van der Waals surface area contributed by atoms with E-state index in [0.717, 1.165) is 58.3 Å². The third kappa shape index (κ3) is 7.24. The molecule has 4 aliphatic rings. The molecule has 0 aromatic carbocycles. The lowest BCUT2D eigenvalue weighted by molar-refractivity contribution is -0.167. The van der Waals surface area contributed by atoms with Crippen molar-refractivity contribution in [1.29, 1.82) is 0 Å². The van der Waals surface area contributed by atoms with Gasteiger partial charge in [0.05, 0.1) is 51.3 Å². The molecule has 0 bridgehead atoms. The van der Waals surface area contributed by atoms with Crippen LogP contribution in [0.4, 0.5) is 0 Å². The largest absolute Gasteiger partial charge is 0.375 e. The minimum absolute atomic E-state index is 0.0227. The van der Waals surface area contributed by atoms with Crippen LogP contribution in [0.3, 0.4) is 0 Å². The number of epoxide rings is 2. The molecule has 3 aliphatic heterocycles. The SMILES string of the molecule is C1CCC(OCCCOC2CC(OCC3CO3)CCC2OCC2CO2)OC1. The van der Waals surface area contributed by atoms with E-state index in [-0.39, 0.29) is 30.7 Å². The number of rotatable bonds is 12. The monoisotopic (exact) mass is 386 g/mol. The van der Waals surface area contributed by atoms with Crippen molar-refractivity contribution in [1.82, 2.24) is 0 Å². The summed E-state index contributed by atoms with van der Waals surface area (Å²) in [6, 6.07) is 0. The van der Waals surface area contributed by atoms with Crippen LogP contribution >= 0.6 is 0 Å². The van der Waals surface area contributed by atoms with Crippen molar-refractivity contribution in [3.05, 3.63) is 0 Å². The molecule has 1 aliphatic carbocycles. The molecule has 3 heterocycles. The van der Waals surface area contributed by atoms with E-state index < -0.39 is 0 Å². The Hall–Kier alpha value is -0.280. The molecule has 6 atom stereocenters. The normalized spacial score (nSPS) is 38.7. The van der Waals surface area contributed by atoms with Crippen LogP contribution in [-0.2, 0) is 33.2 Å². The summed E-state index contributed by atoms with van der Waals surface area (Å²) in [6.45, 7) is 5.21. The van der Waals surface area contributed by atoms with Crippen molar-refractivity contribution >= 4 is 0 Å². The molecular weight excluding hydrogens is 352 g/mol. The highest BCUT2D eigenvalue weighted by Gasteiger charge is 2.35. The molecule has 0 aromatic heterocycles. The maximum absolute atomic E-state index is 6.19. The lowest BCUT2D eigenvalue weighted by atomic mass is 9.92. The second-order valence-corrected chi connectivity index (χ2v) is 7.98. The first kappa shape index (κ1) is 20.0. The third-order valence-electron chi connectivity index (χ3n) is 5.56. The standard InChI is InChI=1S/C20H34O7/c1-2-7-22-20(4-1)23-9-3-8-21-19-10-15(24-11-16-12-25-16)5-6-18(19)27-14-17-13-26-17/h15-20H,1-14H2. The van der Waals surface area contributed by atoms with Gasteiger partial charge >= 0.3 is 0 Å². The van der Waals surface area contributed by atoms with Crippen LogP contribution in [0.1, 0.15) is 44.9 Å². The minimum Gasteiger partial charge on any atom is -0.375 e. The van der Waals surface area contributed by atoms with Gasteiger partial charge in [0.2, 0.25) is 0 Å². The molecule has 4 rings (SSSR count). The van der Waals surface area contributed by atoms with E-state index in [4.69, 9.17) is 33.2 Å². The molecular formula is C20H34O7. The molecule has 6 unspecified atom stereocenters. The molecule has 7 heteroatoms. The van der Waals surface area contributed by atoms with Gasteiger partial charge in [0.25, 0.3) is 0 Å². The summed E-state index contributed by atoms with van der Waals surface area (Å²) in [7, 11) is 0. The maximum atomic E-state index is 6.19. The number of hydrogen-bond donors (Lipinski definition) is 0. The Morgan fingerprint density at radius 2 is 1.48 bits per heavy atom. The predicted molar refractivity (Wildman–Crippen MR) is 96.7 cm³/mol. The molecule has 0 spiro atoms. The van der Waals surface area contributed by atoms with Crippen LogP contribution in [0.2, 0.25) is 0 Å². The van der Waals surface area contributed by atoms with Crippen LogP contribution in [-0.4, -0.2) is 83.1 Å². The molecule has 0 radical (unpaired) electrons. The van der Waals surface area contributed by atoms with Crippen molar-refractivity contribution in [3.63, 3.8) is 0 Å². The molecule has 27 heavy (non-hydrogen) atoms. The Morgan fingerprint density at radius 3 is 2.22 bits per heavy atom. The summed E-state index contributed by atoms with van der Waals surface area (Å²) in [5, 5.41) is 0. The van der Waals surface area contributed by atoms with Crippen LogP contribution in [0.5, 0.6) is 0 Å². The van der Waals surface area contributed by atoms with Gasteiger partial charge in [-0.25, -0.2) is 0 Å². The fourth-order valence-electron chi connectivity index (χ4n) is 3.74. The van der Waals surface area contributed by atoms with Crippen molar-refractivity contribution < 1.29 is 33.2 Å². The third-order valence-corrected chi connectivity index (χ3v) is 5.56. The van der Waals surface area contributed by atoms with E-state index >= 15 is 0 Å². The molecule has 156 valence electrons. The zero-order valence-corrected chi connectivity index (χ0v) is 16.2. The average Bonchev–Trinajstić information content (AvgIpc) is 3.61. The smallest absolute Gasteiger partial charge is 0.157 e.